The van der Waals surface area contributed by atoms with Crippen LogP contribution in [-0.4, -0.2) is 0 Å². The maximum absolute atomic E-state index is 7.46. The second-order valence-corrected chi connectivity index (χ2v) is 29.4. The molecule has 4 heteroatoms. The van der Waals surface area contributed by atoms with E-state index in [9.17, 15) is 0 Å². The maximum Gasteiger partial charge on any atom is 0.143 e. The molecule has 0 bridgehead atoms. The molecule has 0 aliphatic heterocycles. The molecule has 20 aromatic carbocycles. The van der Waals surface area contributed by atoms with E-state index in [1.165, 1.54) is 65.3 Å². The van der Waals surface area contributed by atoms with Crippen molar-refractivity contribution < 1.29 is 8.83 Å². The van der Waals surface area contributed by atoms with Crippen LogP contribution in [0.2, 0.25) is 0 Å². The Morgan fingerprint density at radius 3 is 1.25 bits per heavy atom. The highest BCUT2D eigenvalue weighted by Crippen LogP contribution is 2.51. The van der Waals surface area contributed by atoms with Gasteiger partial charge in [-0.3, -0.25) is 0 Å². The lowest BCUT2D eigenvalue weighted by Crippen LogP contribution is -2.10. The number of hydrogen-bond donors (Lipinski definition) is 0. The average molecular weight is 1430 g/mol. The second kappa shape index (κ2) is 26.5. The van der Waals surface area contributed by atoms with Crippen LogP contribution >= 0.6 is 0 Å². The summed E-state index contributed by atoms with van der Waals surface area (Å²) in [7, 11) is 0. The largest absolute Gasteiger partial charge is 0.456 e. The van der Waals surface area contributed by atoms with Crippen molar-refractivity contribution in [2.24, 2.45) is 0 Å². The van der Waals surface area contributed by atoms with Crippen LogP contribution in [0, 0.1) is 0 Å². The van der Waals surface area contributed by atoms with Crippen molar-refractivity contribution in [3.63, 3.8) is 0 Å². The lowest BCUT2D eigenvalue weighted by Gasteiger charge is -2.27. The molecule has 0 fully saturated rings. The molecule has 22 aromatic rings. The van der Waals surface area contributed by atoms with Crippen molar-refractivity contribution in [2.45, 2.75) is 0 Å². The van der Waals surface area contributed by atoms with Gasteiger partial charge in [-0.2, -0.15) is 0 Å². The van der Waals surface area contributed by atoms with Crippen LogP contribution in [0.25, 0.3) is 186 Å². The van der Waals surface area contributed by atoms with Gasteiger partial charge in [0.2, 0.25) is 0 Å². The van der Waals surface area contributed by atoms with Crippen LogP contribution in [0.15, 0.2) is 421 Å². The highest BCUT2D eigenvalue weighted by molar-refractivity contribution is 6.24. The van der Waals surface area contributed by atoms with Crippen LogP contribution in [-0.2, 0) is 0 Å². The van der Waals surface area contributed by atoms with Gasteiger partial charge in [0.25, 0.3) is 0 Å². The van der Waals surface area contributed by atoms with Gasteiger partial charge in [0.1, 0.15) is 22.3 Å². The minimum absolute atomic E-state index is 0.808. The predicted molar refractivity (Wildman–Crippen MR) is 473 cm³/mol. The standard InChI is InChI=1S/C108H68N2O2/c1-3-23-69(24-4-1)71-47-54-83(55-48-71)109(100-43-21-45-102-106(100)98-63-76-27-7-8-28-77(76)68-104(98)111-102)84-58-51-73(52-59-84)87-36-15-16-41-92(87)97-65-80-30-10-13-38-89(80)96-67-82(53-60-94(96)97)105-90-39-14-11-31-81(90)66-99-107-101(44-22-46-103(107)112-108(99)105)110(85-56-49-72(50-57-85)70-25-5-2-6-26-70)86-35-20-33-75(62-86)74-32-19-34-78(61-74)95-64-79-29-9-12-37-88(79)91-40-17-18-42-93(91)95/h1-68H. The van der Waals surface area contributed by atoms with Crippen molar-refractivity contribution in [3.05, 3.63) is 413 Å². The molecule has 22 rings (SSSR count). The maximum atomic E-state index is 7.46. The van der Waals surface area contributed by atoms with Crippen LogP contribution in [0.5, 0.6) is 0 Å². The molecule has 0 saturated carbocycles. The number of hydrogen-bond acceptors (Lipinski definition) is 4. The first-order valence-electron chi connectivity index (χ1n) is 38.4. The number of furan rings is 2. The number of nitrogens with zero attached hydrogens (tertiary/aromatic N) is 2. The molecule has 0 spiro atoms. The van der Waals surface area contributed by atoms with Gasteiger partial charge < -0.3 is 18.6 Å². The summed E-state index contributed by atoms with van der Waals surface area (Å²) >= 11 is 0. The number of fused-ring (bicyclic) bond motifs is 14. The minimum atomic E-state index is 0.808. The molecular weight excluding hydrogens is 1360 g/mol. The van der Waals surface area contributed by atoms with Gasteiger partial charge in [-0.15, -0.1) is 0 Å². The molecule has 2 aromatic heterocycles. The van der Waals surface area contributed by atoms with E-state index in [1.54, 1.807) is 0 Å². The van der Waals surface area contributed by atoms with E-state index in [1.807, 2.05) is 0 Å². The highest BCUT2D eigenvalue weighted by atomic mass is 16.3. The number of anilines is 6. The van der Waals surface area contributed by atoms with Crippen molar-refractivity contribution in [1.82, 2.24) is 0 Å². The Labute approximate surface area is 647 Å². The molecule has 0 radical (unpaired) electrons. The summed E-state index contributed by atoms with van der Waals surface area (Å²) in [5, 5.41) is 18.5. The van der Waals surface area contributed by atoms with E-state index in [0.717, 1.165) is 155 Å². The van der Waals surface area contributed by atoms with Gasteiger partial charge in [-0.1, -0.05) is 297 Å². The van der Waals surface area contributed by atoms with Crippen LogP contribution < -0.4 is 9.80 Å². The van der Waals surface area contributed by atoms with Crippen molar-refractivity contribution in [3.8, 4) is 77.9 Å². The lowest BCUT2D eigenvalue weighted by molar-refractivity contribution is 0.669. The highest BCUT2D eigenvalue weighted by Gasteiger charge is 2.26. The van der Waals surface area contributed by atoms with Crippen molar-refractivity contribution in [1.29, 1.82) is 0 Å². The van der Waals surface area contributed by atoms with E-state index in [0.29, 0.717) is 0 Å². The molecule has 0 amide bonds. The summed E-state index contributed by atoms with van der Waals surface area (Å²) in [5.74, 6) is 0. The lowest BCUT2D eigenvalue weighted by atomic mass is 9.87. The first kappa shape index (κ1) is 64.3. The van der Waals surface area contributed by atoms with Crippen LogP contribution in [0.4, 0.5) is 34.1 Å². The molecule has 0 aliphatic carbocycles. The average Bonchev–Trinajstić information content (AvgIpc) is 1.55. The normalized spacial score (nSPS) is 11.8. The summed E-state index contributed by atoms with van der Waals surface area (Å²) in [4.78, 5) is 4.81. The molecule has 522 valence electrons. The Bertz CT molecular complexity index is 7480. The molecule has 0 atom stereocenters. The number of benzene rings is 20. The molecule has 0 aliphatic rings. The second-order valence-electron chi connectivity index (χ2n) is 29.4. The zero-order valence-corrected chi connectivity index (χ0v) is 61.0. The third-order valence-electron chi connectivity index (χ3n) is 23.0. The quantitative estimate of drug-likeness (QED) is 0.108. The fraction of sp³-hybridized carbons (Fsp3) is 0. The molecule has 4 nitrogen and oxygen atoms in total. The fourth-order valence-corrected chi connectivity index (χ4v) is 17.7. The van der Waals surface area contributed by atoms with E-state index in [-0.39, 0.29) is 0 Å². The summed E-state index contributed by atoms with van der Waals surface area (Å²) in [6.07, 6.45) is 0. The van der Waals surface area contributed by atoms with Crippen LogP contribution in [0.1, 0.15) is 0 Å². The van der Waals surface area contributed by atoms with E-state index in [4.69, 9.17) is 8.83 Å². The monoisotopic (exact) mass is 1420 g/mol. The summed E-state index contributed by atoms with van der Waals surface area (Å²) in [6.45, 7) is 0. The Morgan fingerprint density at radius 2 is 0.598 bits per heavy atom. The summed E-state index contributed by atoms with van der Waals surface area (Å²) < 4.78 is 14.2. The Hall–Kier alpha value is -14.8. The smallest absolute Gasteiger partial charge is 0.143 e. The predicted octanol–water partition coefficient (Wildman–Crippen LogP) is 31.0. The minimum Gasteiger partial charge on any atom is -0.456 e. The van der Waals surface area contributed by atoms with Gasteiger partial charge in [0.05, 0.1) is 22.1 Å². The molecular formula is C108H68N2O2. The molecule has 112 heavy (non-hydrogen) atoms. The molecule has 0 N–H and O–H groups in total. The van der Waals surface area contributed by atoms with E-state index in [2.05, 4.69) is 422 Å². The third-order valence-corrected chi connectivity index (χ3v) is 23.0. The molecule has 2 heterocycles. The van der Waals surface area contributed by atoms with Gasteiger partial charge >= 0.3 is 0 Å². The van der Waals surface area contributed by atoms with Crippen molar-refractivity contribution >= 4 is 143 Å². The van der Waals surface area contributed by atoms with Gasteiger partial charge in [-0.25, -0.2) is 0 Å². The number of rotatable bonds is 13. The van der Waals surface area contributed by atoms with Gasteiger partial charge in [0.15, 0.2) is 0 Å². The van der Waals surface area contributed by atoms with Crippen LogP contribution in [0.3, 0.4) is 0 Å². The zero-order valence-electron chi connectivity index (χ0n) is 61.0. The zero-order chi connectivity index (χ0) is 73.7. The Morgan fingerprint density at radius 1 is 0.170 bits per heavy atom. The summed E-state index contributed by atoms with van der Waals surface area (Å²) in [6, 6.07) is 151. The third kappa shape index (κ3) is 10.9. The summed E-state index contributed by atoms with van der Waals surface area (Å²) in [5.41, 5.74) is 25.6. The Balaban J connectivity index is 0.670. The fourth-order valence-electron chi connectivity index (χ4n) is 17.7. The first-order valence-corrected chi connectivity index (χ1v) is 38.4. The molecule has 0 saturated heterocycles. The van der Waals surface area contributed by atoms with Crippen molar-refractivity contribution in [2.75, 3.05) is 9.80 Å². The van der Waals surface area contributed by atoms with E-state index < -0.39 is 0 Å². The van der Waals surface area contributed by atoms with Gasteiger partial charge in [0, 0.05) is 39.1 Å². The Kier molecular flexibility index (Phi) is 15.2. The van der Waals surface area contributed by atoms with E-state index >= 15 is 0 Å². The topological polar surface area (TPSA) is 32.8 Å². The first-order chi connectivity index (χ1) is 55.5. The molecule has 0 unspecified atom stereocenters. The SMILES string of the molecule is c1ccc(-c2ccc(N(c3ccc(-c4ccccc4-c4cc5ccccc5c5cc(-c6c7ccccc7cc7c6oc6cccc(N(c8ccc(-c9ccccc9)cc8)c8cccc(-c9cccc(-c%10cc%11ccccc%11c%11ccccc%10%11)c9)c8)c67)ccc45)cc3)c3cccc4oc5cc6ccccc6cc5c34)cc2)cc1. The van der Waals surface area contributed by atoms with Gasteiger partial charge in [-0.05, 0) is 252 Å².